The molecule has 0 saturated carbocycles. The largest absolute Gasteiger partial charge is 0.508 e. The van der Waals surface area contributed by atoms with E-state index >= 15 is 0 Å². The maximum absolute atomic E-state index is 9.72. The number of phenols is 2. The Morgan fingerprint density at radius 2 is 0.700 bits per heavy atom. The minimum atomic E-state index is 0.246. The van der Waals surface area contributed by atoms with Crippen molar-refractivity contribution in [3.63, 3.8) is 0 Å². The van der Waals surface area contributed by atoms with E-state index in [0.717, 1.165) is 56.4 Å². The summed E-state index contributed by atoms with van der Waals surface area (Å²) in [6.45, 7) is 0. The zero-order chi connectivity index (χ0) is 27.3. The molecule has 2 N–H and O–H groups in total. The Labute approximate surface area is 233 Å². The quantitative estimate of drug-likeness (QED) is 0.219. The van der Waals surface area contributed by atoms with Crippen LogP contribution in [0, 0.1) is 0 Å². The van der Waals surface area contributed by atoms with Gasteiger partial charge in [0.2, 0.25) is 0 Å². The lowest BCUT2D eigenvalue weighted by atomic mass is 10.0. The first-order valence-corrected chi connectivity index (χ1v) is 12.9. The third-order valence-electron chi connectivity index (χ3n) is 6.58. The summed E-state index contributed by atoms with van der Waals surface area (Å²) in [6, 6.07) is 46.0. The molecular weight excluding hydrogens is 496 g/mol. The molecule has 0 unspecified atom stereocenters. The third-order valence-corrected chi connectivity index (χ3v) is 6.58. The van der Waals surface area contributed by atoms with E-state index in [1.807, 2.05) is 115 Å². The van der Waals surface area contributed by atoms with E-state index < -0.39 is 0 Å². The summed E-state index contributed by atoms with van der Waals surface area (Å²) in [5.41, 5.74) is 6.14. The van der Waals surface area contributed by atoms with E-state index in [1.54, 1.807) is 24.3 Å². The molecule has 0 spiro atoms. The maximum Gasteiger partial charge on any atom is 0.128 e. The molecule has 0 bridgehead atoms. The zero-order valence-corrected chi connectivity index (χ0v) is 21.6. The Morgan fingerprint density at radius 1 is 0.300 bits per heavy atom. The van der Waals surface area contributed by atoms with Crippen LogP contribution in [0.1, 0.15) is 0 Å². The minimum Gasteiger partial charge on any atom is -0.508 e. The Bertz CT molecular complexity index is 1720. The molecule has 194 valence electrons. The number of ether oxygens (including phenoxy) is 2. The van der Waals surface area contributed by atoms with E-state index in [0.29, 0.717) is 0 Å². The van der Waals surface area contributed by atoms with Crippen molar-refractivity contribution in [1.82, 2.24) is 0 Å². The van der Waals surface area contributed by atoms with Gasteiger partial charge in [0.1, 0.15) is 34.5 Å². The van der Waals surface area contributed by atoms with Crippen molar-refractivity contribution >= 4 is 0 Å². The lowest BCUT2D eigenvalue weighted by molar-refractivity contribution is 0.475. The first-order chi connectivity index (χ1) is 19.6. The van der Waals surface area contributed by atoms with Crippen molar-refractivity contribution in [2.24, 2.45) is 0 Å². The van der Waals surface area contributed by atoms with Gasteiger partial charge in [-0.3, -0.25) is 0 Å². The third kappa shape index (κ3) is 5.82. The average Bonchev–Trinajstić information content (AvgIpc) is 2.99. The molecule has 6 aromatic carbocycles. The van der Waals surface area contributed by atoms with E-state index in [-0.39, 0.29) is 11.5 Å². The number of phenolic OH excluding ortho intramolecular Hbond substituents is 2. The first-order valence-electron chi connectivity index (χ1n) is 12.9. The summed E-state index contributed by atoms with van der Waals surface area (Å²) >= 11 is 0. The van der Waals surface area contributed by atoms with Crippen molar-refractivity contribution in [1.29, 1.82) is 0 Å². The van der Waals surface area contributed by atoms with Crippen LogP contribution >= 0.6 is 0 Å². The average molecular weight is 523 g/mol. The molecule has 0 fully saturated rings. The topological polar surface area (TPSA) is 58.9 Å². The fourth-order valence-corrected chi connectivity index (χ4v) is 4.50. The van der Waals surface area contributed by atoms with Gasteiger partial charge in [-0.2, -0.15) is 0 Å². The zero-order valence-electron chi connectivity index (χ0n) is 21.6. The normalized spacial score (nSPS) is 10.7. The summed E-state index contributed by atoms with van der Waals surface area (Å²) in [4.78, 5) is 0. The standard InChI is InChI=1S/C36H26O4/c37-31-15-7-25(8-16-31)26-9-17-35(18-10-26)40-36-6-2-4-30(24-36)28-13-21-34(22-14-28)39-33-19-11-27(12-20-33)29-3-1-5-32(38)23-29/h1-24,37-38H. The monoisotopic (exact) mass is 522 g/mol. The molecule has 4 heteroatoms. The molecule has 0 aromatic heterocycles. The number of rotatable bonds is 7. The van der Waals surface area contributed by atoms with Crippen LogP contribution in [0.2, 0.25) is 0 Å². The number of benzene rings is 6. The number of hydrogen-bond acceptors (Lipinski definition) is 4. The van der Waals surface area contributed by atoms with E-state index in [1.165, 1.54) is 0 Å². The van der Waals surface area contributed by atoms with Crippen LogP contribution in [0.5, 0.6) is 34.5 Å². The molecule has 0 heterocycles. The molecule has 0 saturated heterocycles. The molecule has 0 amide bonds. The van der Waals surface area contributed by atoms with Crippen LogP contribution in [0.4, 0.5) is 0 Å². The fourth-order valence-electron chi connectivity index (χ4n) is 4.50. The summed E-state index contributed by atoms with van der Waals surface area (Å²) in [5.74, 6) is 3.48. The predicted octanol–water partition coefficient (Wildman–Crippen LogP) is 9.68. The SMILES string of the molecule is Oc1ccc(-c2ccc(Oc3cccc(-c4ccc(Oc5ccc(-c6cccc(O)c6)cc5)cc4)c3)cc2)cc1. The van der Waals surface area contributed by atoms with E-state index in [9.17, 15) is 10.2 Å². The molecule has 0 atom stereocenters. The second-order valence-corrected chi connectivity index (χ2v) is 9.40. The van der Waals surface area contributed by atoms with Crippen LogP contribution in [-0.4, -0.2) is 10.2 Å². The highest BCUT2D eigenvalue weighted by molar-refractivity contribution is 5.68. The Balaban J connectivity index is 1.11. The van der Waals surface area contributed by atoms with Gasteiger partial charge in [-0.25, -0.2) is 0 Å². The van der Waals surface area contributed by atoms with Gasteiger partial charge < -0.3 is 19.7 Å². The highest BCUT2D eigenvalue weighted by Gasteiger charge is 2.06. The second-order valence-electron chi connectivity index (χ2n) is 9.40. The molecule has 0 aliphatic rings. The minimum absolute atomic E-state index is 0.246. The smallest absolute Gasteiger partial charge is 0.128 e. The highest BCUT2D eigenvalue weighted by Crippen LogP contribution is 2.32. The van der Waals surface area contributed by atoms with Gasteiger partial charge in [-0.1, -0.05) is 72.8 Å². The van der Waals surface area contributed by atoms with Crippen LogP contribution in [0.15, 0.2) is 146 Å². The summed E-state index contributed by atoms with van der Waals surface area (Å²) in [7, 11) is 0. The van der Waals surface area contributed by atoms with Gasteiger partial charge >= 0.3 is 0 Å². The molecule has 4 nitrogen and oxygen atoms in total. The van der Waals surface area contributed by atoms with Gasteiger partial charge in [0.15, 0.2) is 0 Å². The lowest BCUT2D eigenvalue weighted by Gasteiger charge is -2.10. The summed E-state index contributed by atoms with van der Waals surface area (Å²) in [6.07, 6.45) is 0. The fraction of sp³-hybridized carbons (Fsp3) is 0. The van der Waals surface area contributed by atoms with Crippen molar-refractivity contribution in [2.75, 3.05) is 0 Å². The molecule has 0 aliphatic heterocycles. The number of hydrogen-bond donors (Lipinski definition) is 2. The first kappa shape index (κ1) is 24.8. The van der Waals surface area contributed by atoms with Gasteiger partial charge in [0.05, 0.1) is 0 Å². The number of aromatic hydroxyl groups is 2. The molecule has 0 radical (unpaired) electrons. The van der Waals surface area contributed by atoms with Gasteiger partial charge in [0, 0.05) is 0 Å². The lowest BCUT2D eigenvalue weighted by Crippen LogP contribution is -1.87. The Hall–Kier alpha value is -5.48. The van der Waals surface area contributed by atoms with Crippen LogP contribution in [0.25, 0.3) is 33.4 Å². The van der Waals surface area contributed by atoms with Crippen molar-refractivity contribution in [3.8, 4) is 67.9 Å². The summed E-state index contributed by atoms with van der Waals surface area (Å²) in [5, 5.41) is 19.2. The maximum atomic E-state index is 9.72. The molecular formula is C36H26O4. The van der Waals surface area contributed by atoms with Crippen molar-refractivity contribution in [2.45, 2.75) is 0 Å². The molecule has 40 heavy (non-hydrogen) atoms. The van der Waals surface area contributed by atoms with Gasteiger partial charge in [0.25, 0.3) is 0 Å². The van der Waals surface area contributed by atoms with Crippen molar-refractivity contribution in [3.05, 3.63) is 146 Å². The Morgan fingerprint density at radius 3 is 1.20 bits per heavy atom. The van der Waals surface area contributed by atoms with E-state index in [4.69, 9.17) is 9.47 Å². The molecule has 0 aliphatic carbocycles. The Kier molecular flexibility index (Phi) is 6.89. The molecule has 6 rings (SSSR count). The van der Waals surface area contributed by atoms with Crippen LogP contribution in [0.3, 0.4) is 0 Å². The van der Waals surface area contributed by atoms with Crippen molar-refractivity contribution < 1.29 is 19.7 Å². The second kappa shape index (κ2) is 11.1. The predicted molar refractivity (Wildman–Crippen MR) is 159 cm³/mol. The summed E-state index contributed by atoms with van der Waals surface area (Å²) < 4.78 is 12.2. The van der Waals surface area contributed by atoms with Crippen LogP contribution < -0.4 is 9.47 Å². The van der Waals surface area contributed by atoms with Crippen LogP contribution in [-0.2, 0) is 0 Å². The van der Waals surface area contributed by atoms with E-state index in [2.05, 4.69) is 6.07 Å². The van der Waals surface area contributed by atoms with Gasteiger partial charge in [-0.05, 0) is 106 Å². The highest BCUT2D eigenvalue weighted by atomic mass is 16.5. The van der Waals surface area contributed by atoms with Gasteiger partial charge in [-0.15, -0.1) is 0 Å². The molecule has 6 aromatic rings.